The summed E-state index contributed by atoms with van der Waals surface area (Å²) < 4.78 is 16.9. The molecule has 0 saturated heterocycles. The van der Waals surface area contributed by atoms with E-state index in [0.717, 1.165) is 122 Å². The van der Waals surface area contributed by atoms with Gasteiger partial charge in [0.2, 0.25) is 0 Å². The first-order chi connectivity index (χ1) is 36.0. The van der Waals surface area contributed by atoms with E-state index >= 15 is 0 Å². The zero-order valence-corrected chi connectivity index (χ0v) is 48.4. The summed E-state index contributed by atoms with van der Waals surface area (Å²) in [6.07, 6.45) is 79.3. The minimum Gasteiger partial charge on any atom is -0.462 e. The molecule has 0 spiro atoms. The van der Waals surface area contributed by atoms with Crippen LogP contribution in [0.4, 0.5) is 0 Å². The second-order valence-corrected chi connectivity index (χ2v) is 20.9. The molecule has 0 heterocycles. The normalized spacial score (nSPS) is 12.5. The van der Waals surface area contributed by atoms with Crippen LogP contribution in [-0.4, -0.2) is 37.2 Å². The highest BCUT2D eigenvalue weighted by Gasteiger charge is 2.19. The molecule has 0 radical (unpaired) electrons. The molecule has 0 aromatic carbocycles. The summed E-state index contributed by atoms with van der Waals surface area (Å²) in [5.41, 5.74) is 0. The first-order valence-corrected chi connectivity index (χ1v) is 31.4. The molecule has 0 bridgehead atoms. The summed E-state index contributed by atoms with van der Waals surface area (Å²) >= 11 is 0. The van der Waals surface area contributed by atoms with Gasteiger partial charge in [0.05, 0.1) is 0 Å². The first-order valence-electron chi connectivity index (χ1n) is 31.4. The van der Waals surface area contributed by atoms with Gasteiger partial charge >= 0.3 is 17.9 Å². The molecular weight excluding hydrogens is 901 g/mol. The van der Waals surface area contributed by atoms with Gasteiger partial charge in [-0.15, -0.1) is 0 Å². The number of hydrogen-bond donors (Lipinski definition) is 0. The van der Waals surface area contributed by atoms with Gasteiger partial charge in [0.1, 0.15) is 13.2 Å². The van der Waals surface area contributed by atoms with E-state index < -0.39 is 6.10 Å². The maximum atomic E-state index is 12.9. The van der Waals surface area contributed by atoms with Gasteiger partial charge in [0.25, 0.3) is 0 Å². The molecule has 0 saturated carbocycles. The van der Waals surface area contributed by atoms with Crippen LogP contribution in [0.3, 0.4) is 0 Å². The number of hydrogen-bond acceptors (Lipinski definition) is 6. The Labute approximate surface area is 453 Å². The average Bonchev–Trinajstić information content (AvgIpc) is 3.39. The van der Waals surface area contributed by atoms with Crippen LogP contribution in [-0.2, 0) is 28.6 Å². The molecule has 0 fully saturated rings. The van der Waals surface area contributed by atoms with Crippen molar-refractivity contribution in [3.63, 3.8) is 0 Å². The maximum absolute atomic E-state index is 12.9. The molecule has 0 aliphatic carbocycles. The van der Waals surface area contributed by atoms with Crippen LogP contribution in [0.1, 0.15) is 316 Å². The van der Waals surface area contributed by atoms with E-state index in [1.54, 1.807) is 0 Å². The summed E-state index contributed by atoms with van der Waals surface area (Å²) in [6, 6.07) is 0. The van der Waals surface area contributed by atoms with Gasteiger partial charge in [0, 0.05) is 19.3 Å². The Kier molecular flexibility index (Phi) is 58.7. The van der Waals surface area contributed by atoms with Crippen molar-refractivity contribution in [3.05, 3.63) is 72.9 Å². The number of esters is 3. The van der Waals surface area contributed by atoms with Crippen LogP contribution in [0.2, 0.25) is 0 Å². The zero-order valence-electron chi connectivity index (χ0n) is 48.4. The van der Waals surface area contributed by atoms with Crippen molar-refractivity contribution < 1.29 is 28.6 Å². The van der Waals surface area contributed by atoms with Crippen molar-refractivity contribution in [1.29, 1.82) is 0 Å². The van der Waals surface area contributed by atoms with E-state index in [0.29, 0.717) is 19.3 Å². The molecule has 6 nitrogen and oxygen atoms in total. The number of carbonyl (C=O) groups is 3. The SMILES string of the molecule is CC/C=C\C/C=C\C/C=C\CCCCCCCC(=O)OC(COC(=O)CCCCC/C=C\C/C=C\C/C=C\CC)COC(=O)CCCCCCCCCCCCCCCCCCCCCCCCCCCCC. The van der Waals surface area contributed by atoms with Crippen molar-refractivity contribution >= 4 is 17.9 Å². The summed E-state index contributed by atoms with van der Waals surface area (Å²) in [5, 5.41) is 0. The molecule has 0 N–H and O–H groups in total. The highest BCUT2D eigenvalue weighted by Crippen LogP contribution is 2.17. The molecule has 422 valence electrons. The van der Waals surface area contributed by atoms with Gasteiger partial charge in [0.15, 0.2) is 6.10 Å². The first kappa shape index (κ1) is 69.8. The third-order valence-electron chi connectivity index (χ3n) is 13.7. The van der Waals surface area contributed by atoms with Crippen molar-refractivity contribution in [2.45, 2.75) is 322 Å². The Hall–Kier alpha value is -3.15. The fourth-order valence-corrected chi connectivity index (χ4v) is 9.06. The number of carbonyl (C=O) groups excluding carboxylic acids is 3. The van der Waals surface area contributed by atoms with E-state index in [-0.39, 0.29) is 31.1 Å². The van der Waals surface area contributed by atoms with E-state index in [2.05, 4.69) is 93.7 Å². The molecule has 0 amide bonds. The predicted molar refractivity (Wildman–Crippen MR) is 316 cm³/mol. The van der Waals surface area contributed by atoms with E-state index in [4.69, 9.17) is 14.2 Å². The minimum absolute atomic E-state index is 0.0897. The van der Waals surface area contributed by atoms with Crippen LogP contribution < -0.4 is 0 Å². The fourth-order valence-electron chi connectivity index (χ4n) is 9.06. The predicted octanol–water partition coefficient (Wildman–Crippen LogP) is 21.3. The smallest absolute Gasteiger partial charge is 0.306 e. The molecule has 0 aromatic heterocycles. The van der Waals surface area contributed by atoms with Crippen molar-refractivity contribution in [3.8, 4) is 0 Å². The Bertz CT molecular complexity index is 1360. The summed E-state index contributed by atoms with van der Waals surface area (Å²) in [6.45, 7) is 6.41. The van der Waals surface area contributed by atoms with Gasteiger partial charge in [-0.1, -0.05) is 286 Å². The van der Waals surface area contributed by atoms with Gasteiger partial charge in [-0.05, 0) is 83.5 Å². The van der Waals surface area contributed by atoms with Crippen molar-refractivity contribution in [2.75, 3.05) is 13.2 Å². The summed E-state index contributed by atoms with van der Waals surface area (Å²) in [7, 11) is 0. The number of ether oxygens (including phenoxy) is 3. The largest absolute Gasteiger partial charge is 0.462 e. The molecule has 0 aliphatic rings. The topological polar surface area (TPSA) is 78.9 Å². The second-order valence-electron chi connectivity index (χ2n) is 20.9. The molecular formula is C67H118O6. The molecule has 6 heteroatoms. The maximum Gasteiger partial charge on any atom is 0.306 e. The van der Waals surface area contributed by atoms with Gasteiger partial charge in [-0.3, -0.25) is 14.4 Å². The number of unbranched alkanes of at least 4 members (excludes halogenated alkanes) is 34. The van der Waals surface area contributed by atoms with Crippen LogP contribution >= 0.6 is 0 Å². The molecule has 0 aromatic rings. The quantitative estimate of drug-likeness (QED) is 0.0261. The Morgan fingerprint density at radius 2 is 0.534 bits per heavy atom. The van der Waals surface area contributed by atoms with Gasteiger partial charge in [-0.2, -0.15) is 0 Å². The Morgan fingerprint density at radius 3 is 0.849 bits per heavy atom. The Balaban J connectivity index is 4.23. The van der Waals surface area contributed by atoms with Crippen LogP contribution in [0.5, 0.6) is 0 Å². The second kappa shape index (κ2) is 61.4. The van der Waals surface area contributed by atoms with Crippen molar-refractivity contribution in [2.24, 2.45) is 0 Å². The minimum atomic E-state index is -0.796. The lowest BCUT2D eigenvalue weighted by atomic mass is 10.0. The lowest BCUT2D eigenvalue weighted by Crippen LogP contribution is -2.30. The third-order valence-corrected chi connectivity index (χ3v) is 13.7. The van der Waals surface area contributed by atoms with Gasteiger partial charge in [-0.25, -0.2) is 0 Å². The van der Waals surface area contributed by atoms with Crippen LogP contribution in [0, 0.1) is 0 Å². The fraction of sp³-hybridized carbons (Fsp3) is 0.776. The standard InChI is InChI=1S/C67H118O6/c1-4-7-10-13-16-19-22-25-27-28-29-30-31-32-33-34-35-36-37-38-40-42-45-48-51-54-57-60-66(69)72-63-64(62-71-65(68)59-56-53-50-47-44-41-24-21-18-15-12-9-6-3)73-67(70)61-58-55-52-49-46-43-39-26-23-20-17-14-11-8-5-2/h8-9,11-12,17-18,20-21,26,39,41,44,64H,4-7,10,13-16,19,22-25,27-38,40,42-43,45-63H2,1-3H3/b11-8-,12-9-,20-17-,21-18-,39-26-,44-41-. The molecule has 1 unspecified atom stereocenters. The highest BCUT2D eigenvalue weighted by atomic mass is 16.6. The Morgan fingerprint density at radius 1 is 0.288 bits per heavy atom. The summed E-state index contributed by atoms with van der Waals surface area (Å²) in [5.74, 6) is -0.926. The highest BCUT2D eigenvalue weighted by molar-refractivity contribution is 5.71. The summed E-state index contributed by atoms with van der Waals surface area (Å²) in [4.78, 5) is 38.2. The molecule has 0 rings (SSSR count). The van der Waals surface area contributed by atoms with Crippen molar-refractivity contribution in [1.82, 2.24) is 0 Å². The average molecular weight is 1020 g/mol. The molecule has 0 aliphatic heterocycles. The van der Waals surface area contributed by atoms with E-state index in [9.17, 15) is 14.4 Å². The monoisotopic (exact) mass is 1020 g/mol. The number of allylic oxidation sites excluding steroid dienone is 12. The lowest BCUT2D eigenvalue weighted by Gasteiger charge is -2.18. The molecule has 73 heavy (non-hydrogen) atoms. The van der Waals surface area contributed by atoms with Crippen LogP contribution in [0.15, 0.2) is 72.9 Å². The number of rotatable bonds is 57. The van der Waals surface area contributed by atoms with Crippen LogP contribution in [0.25, 0.3) is 0 Å². The third kappa shape index (κ3) is 59.6. The zero-order chi connectivity index (χ0) is 52.9. The molecule has 1 atom stereocenters. The van der Waals surface area contributed by atoms with E-state index in [1.807, 2.05) is 0 Å². The lowest BCUT2D eigenvalue weighted by molar-refractivity contribution is -0.167. The van der Waals surface area contributed by atoms with E-state index in [1.165, 1.54) is 154 Å². The van der Waals surface area contributed by atoms with Gasteiger partial charge < -0.3 is 14.2 Å².